The van der Waals surface area contributed by atoms with Crippen LogP contribution in [0, 0.1) is 5.92 Å². The predicted molar refractivity (Wildman–Crippen MR) is 43.3 cm³/mol. The van der Waals surface area contributed by atoms with Gasteiger partial charge in [-0.3, -0.25) is 0 Å². The van der Waals surface area contributed by atoms with Gasteiger partial charge in [0, 0.05) is 0 Å². The van der Waals surface area contributed by atoms with Crippen LogP contribution in [0.25, 0.3) is 0 Å². The molecule has 0 aliphatic rings. The van der Waals surface area contributed by atoms with Crippen LogP contribution in [0.2, 0.25) is 0 Å². The largest absolute Gasteiger partial charge is 0.0991 e. The zero-order chi connectivity index (χ0) is 7.28. The first kappa shape index (κ1) is 8.22. The van der Waals surface area contributed by atoms with E-state index in [1.165, 1.54) is 5.57 Å². The molecule has 50 valence electrons. The first-order chi connectivity index (χ1) is 4.22. The molecule has 0 atom stereocenters. The first-order valence-electron chi connectivity index (χ1n) is 3.17. The van der Waals surface area contributed by atoms with Crippen LogP contribution in [-0.2, 0) is 0 Å². The summed E-state index contributed by atoms with van der Waals surface area (Å²) < 4.78 is 0. The maximum absolute atomic E-state index is 3.68. The van der Waals surface area contributed by atoms with E-state index in [9.17, 15) is 0 Å². The van der Waals surface area contributed by atoms with Gasteiger partial charge in [-0.1, -0.05) is 45.2 Å². The van der Waals surface area contributed by atoms with Crippen LogP contribution in [0.3, 0.4) is 0 Å². The van der Waals surface area contributed by atoms with Crippen molar-refractivity contribution >= 4 is 0 Å². The summed E-state index contributed by atoms with van der Waals surface area (Å²) in [6.07, 6.45) is 5.64. The third-order valence-corrected chi connectivity index (χ3v) is 1.21. The number of allylic oxidation sites excluding steroid dienone is 4. The molecular weight excluding hydrogens is 108 g/mol. The average Bonchev–Trinajstić information content (AvgIpc) is 1.82. The van der Waals surface area contributed by atoms with Gasteiger partial charge >= 0.3 is 0 Å². The molecule has 0 radical (unpaired) electrons. The van der Waals surface area contributed by atoms with Crippen molar-refractivity contribution in [3.63, 3.8) is 0 Å². The van der Waals surface area contributed by atoms with E-state index < -0.39 is 0 Å². The van der Waals surface area contributed by atoms with Crippen LogP contribution in [0.5, 0.6) is 0 Å². The van der Waals surface area contributed by atoms with Crippen molar-refractivity contribution in [2.24, 2.45) is 5.92 Å². The van der Waals surface area contributed by atoms with Crippen molar-refractivity contribution in [2.75, 3.05) is 0 Å². The van der Waals surface area contributed by atoms with Gasteiger partial charge in [-0.25, -0.2) is 0 Å². The molecule has 0 bridgehead atoms. The monoisotopic (exact) mass is 122 g/mol. The Labute approximate surface area is 57.6 Å². The molecule has 0 rings (SSSR count). The zero-order valence-corrected chi connectivity index (χ0v) is 6.22. The Kier molecular flexibility index (Phi) is 3.78. The number of hydrogen-bond acceptors (Lipinski definition) is 0. The molecule has 0 nitrogen and oxygen atoms in total. The van der Waals surface area contributed by atoms with Crippen molar-refractivity contribution < 1.29 is 0 Å². The molecule has 0 amide bonds. The van der Waals surface area contributed by atoms with Gasteiger partial charge in [-0.05, 0) is 11.5 Å². The Morgan fingerprint density at radius 1 is 1.33 bits per heavy atom. The highest BCUT2D eigenvalue weighted by molar-refractivity contribution is 5.22. The van der Waals surface area contributed by atoms with E-state index in [1.54, 1.807) is 6.08 Å². The van der Waals surface area contributed by atoms with Crippen LogP contribution in [0.1, 0.15) is 13.8 Å². The Hall–Kier alpha value is -0.780. The minimum absolute atomic E-state index is 0.556. The molecule has 0 heteroatoms. The van der Waals surface area contributed by atoms with Gasteiger partial charge in [-0.15, -0.1) is 0 Å². The minimum atomic E-state index is 0.556. The standard InChI is InChI=1S/C9H14/c1-5-7-9(6-2)8(3)4/h5-8H,1-2H2,3-4H3. The Morgan fingerprint density at radius 2 is 1.89 bits per heavy atom. The van der Waals surface area contributed by atoms with Crippen LogP contribution in [0.15, 0.2) is 37.0 Å². The molecule has 0 heterocycles. The molecule has 0 N–H and O–H groups in total. The average molecular weight is 122 g/mol. The van der Waals surface area contributed by atoms with Crippen LogP contribution in [-0.4, -0.2) is 0 Å². The fraction of sp³-hybridized carbons (Fsp3) is 0.333. The van der Waals surface area contributed by atoms with E-state index in [-0.39, 0.29) is 0 Å². The van der Waals surface area contributed by atoms with E-state index in [1.807, 2.05) is 12.2 Å². The Bertz CT molecular complexity index is 127. The Balaban J connectivity index is 4.13. The maximum atomic E-state index is 3.68. The second-order valence-corrected chi connectivity index (χ2v) is 2.26. The normalized spacial score (nSPS) is 11.7. The summed E-state index contributed by atoms with van der Waals surface area (Å²) in [6.45, 7) is 11.6. The van der Waals surface area contributed by atoms with Crippen molar-refractivity contribution in [3.05, 3.63) is 37.0 Å². The lowest BCUT2D eigenvalue weighted by molar-refractivity contribution is 0.792. The van der Waals surface area contributed by atoms with Crippen LogP contribution in [0.4, 0.5) is 0 Å². The predicted octanol–water partition coefficient (Wildman–Crippen LogP) is 2.94. The number of rotatable bonds is 3. The van der Waals surface area contributed by atoms with Gasteiger partial charge in [0.25, 0.3) is 0 Å². The molecule has 0 spiro atoms. The quantitative estimate of drug-likeness (QED) is 0.505. The molecular formula is C9H14. The molecule has 0 aromatic heterocycles. The summed E-state index contributed by atoms with van der Waals surface area (Å²) in [4.78, 5) is 0. The molecule has 0 fully saturated rings. The van der Waals surface area contributed by atoms with Gasteiger partial charge in [-0.2, -0.15) is 0 Å². The van der Waals surface area contributed by atoms with E-state index >= 15 is 0 Å². The molecule has 0 unspecified atom stereocenters. The highest BCUT2D eigenvalue weighted by atomic mass is 14.0. The number of hydrogen-bond donors (Lipinski definition) is 0. The van der Waals surface area contributed by atoms with Crippen molar-refractivity contribution in [2.45, 2.75) is 13.8 Å². The van der Waals surface area contributed by atoms with Gasteiger partial charge < -0.3 is 0 Å². The summed E-state index contributed by atoms with van der Waals surface area (Å²) in [6, 6.07) is 0. The molecule has 0 aromatic rings. The second kappa shape index (κ2) is 4.13. The summed E-state index contributed by atoms with van der Waals surface area (Å²) >= 11 is 0. The van der Waals surface area contributed by atoms with E-state index in [4.69, 9.17) is 0 Å². The third kappa shape index (κ3) is 2.91. The fourth-order valence-corrected chi connectivity index (χ4v) is 0.632. The molecule has 0 aromatic carbocycles. The van der Waals surface area contributed by atoms with Crippen molar-refractivity contribution in [3.8, 4) is 0 Å². The second-order valence-electron chi connectivity index (χ2n) is 2.26. The van der Waals surface area contributed by atoms with Gasteiger partial charge in [0.15, 0.2) is 0 Å². The summed E-state index contributed by atoms with van der Waals surface area (Å²) in [5, 5.41) is 0. The summed E-state index contributed by atoms with van der Waals surface area (Å²) in [5.41, 5.74) is 1.24. The van der Waals surface area contributed by atoms with Gasteiger partial charge in [0.1, 0.15) is 0 Å². The lowest BCUT2D eigenvalue weighted by Crippen LogP contribution is -1.87. The molecule has 0 saturated carbocycles. The molecule has 0 aliphatic carbocycles. The Morgan fingerprint density at radius 3 is 2.00 bits per heavy atom. The van der Waals surface area contributed by atoms with E-state index in [0.29, 0.717) is 5.92 Å². The summed E-state index contributed by atoms with van der Waals surface area (Å²) in [7, 11) is 0. The van der Waals surface area contributed by atoms with Gasteiger partial charge in [0.05, 0.1) is 0 Å². The van der Waals surface area contributed by atoms with Crippen molar-refractivity contribution in [1.82, 2.24) is 0 Å². The van der Waals surface area contributed by atoms with E-state index in [2.05, 4.69) is 27.0 Å². The first-order valence-corrected chi connectivity index (χ1v) is 3.17. The lowest BCUT2D eigenvalue weighted by Gasteiger charge is -2.02. The highest BCUT2D eigenvalue weighted by Crippen LogP contribution is 2.09. The molecule has 9 heavy (non-hydrogen) atoms. The smallest absolute Gasteiger partial charge is 0.0219 e. The molecule has 0 aliphatic heterocycles. The highest BCUT2D eigenvalue weighted by Gasteiger charge is 1.94. The third-order valence-electron chi connectivity index (χ3n) is 1.21. The fourth-order valence-electron chi connectivity index (χ4n) is 0.632. The summed E-state index contributed by atoms with van der Waals surface area (Å²) in [5.74, 6) is 0.556. The SMILES string of the molecule is C=CC=C(C=C)C(C)C. The topological polar surface area (TPSA) is 0 Å². The van der Waals surface area contributed by atoms with Crippen LogP contribution >= 0.6 is 0 Å². The van der Waals surface area contributed by atoms with Crippen LogP contribution < -0.4 is 0 Å². The molecule has 0 saturated heterocycles. The van der Waals surface area contributed by atoms with Crippen molar-refractivity contribution in [1.29, 1.82) is 0 Å². The lowest BCUT2D eigenvalue weighted by atomic mass is 10.0. The minimum Gasteiger partial charge on any atom is -0.0991 e. The maximum Gasteiger partial charge on any atom is -0.0219 e. The zero-order valence-electron chi connectivity index (χ0n) is 6.22. The van der Waals surface area contributed by atoms with E-state index in [0.717, 1.165) is 0 Å². The van der Waals surface area contributed by atoms with Gasteiger partial charge in [0.2, 0.25) is 0 Å².